The van der Waals surface area contributed by atoms with E-state index in [0.717, 1.165) is 31.4 Å². The van der Waals surface area contributed by atoms with E-state index in [2.05, 4.69) is 58.5 Å². The molecule has 0 aliphatic carbocycles. The van der Waals surface area contributed by atoms with Crippen molar-refractivity contribution >= 4 is 0 Å². The summed E-state index contributed by atoms with van der Waals surface area (Å²) in [6.07, 6.45) is 8.52. The Labute approximate surface area is 146 Å². The molecule has 2 heterocycles. The van der Waals surface area contributed by atoms with Crippen molar-refractivity contribution in [3.8, 4) is 5.75 Å². The van der Waals surface area contributed by atoms with E-state index in [1.54, 1.807) is 0 Å². The van der Waals surface area contributed by atoms with Crippen LogP contribution in [-0.2, 0) is 4.74 Å². The van der Waals surface area contributed by atoms with Crippen molar-refractivity contribution in [2.24, 2.45) is 5.92 Å². The Kier molecular flexibility index (Phi) is 4.61. The minimum absolute atomic E-state index is 0.0865. The second-order valence-electron chi connectivity index (χ2n) is 7.97. The summed E-state index contributed by atoms with van der Waals surface area (Å²) in [6.45, 7) is 12.7. The highest BCUT2D eigenvalue weighted by molar-refractivity contribution is 5.39. The van der Waals surface area contributed by atoms with Crippen molar-refractivity contribution in [3.05, 3.63) is 54.1 Å². The third-order valence-electron chi connectivity index (χ3n) is 5.69. The van der Waals surface area contributed by atoms with E-state index >= 15 is 0 Å². The summed E-state index contributed by atoms with van der Waals surface area (Å²) >= 11 is 0. The van der Waals surface area contributed by atoms with Crippen LogP contribution in [-0.4, -0.2) is 11.2 Å². The molecule has 130 valence electrons. The largest absolute Gasteiger partial charge is 0.487 e. The van der Waals surface area contributed by atoms with Crippen LogP contribution in [0.2, 0.25) is 0 Å². The fourth-order valence-corrected chi connectivity index (χ4v) is 4.10. The minimum Gasteiger partial charge on any atom is -0.487 e. The number of allylic oxidation sites excluding steroid dienone is 2. The van der Waals surface area contributed by atoms with E-state index in [0.29, 0.717) is 5.92 Å². The molecule has 0 radical (unpaired) electrons. The van der Waals surface area contributed by atoms with Crippen LogP contribution in [0.3, 0.4) is 0 Å². The molecule has 0 aromatic heterocycles. The summed E-state index contributed by atoms with van der Waals surface area (Å²) in [4.78, 5) is 0. The number of fused-ring (bicyclic) bond motifs is 3. The van der Waals surface area contributed by atoms with Gasteiger partial charge in [0.05, 0.1) is 11.7 Å². The molecule has 24 heavy (non-hydrogen) atoms. The van der Waals surface area contributed by atoms with Crippen molar-refractivity contribution in [1.82, 2.24) is 0 Å². The van der Waals surface area contributed by atoms with Gasteiger partial charge in [0.25, 0.3) is 0 Å². The predicted octanol–water partition coefficient (Wildman–Crippen LogP) is 6.00. The zero-order valence-corrected chi connectivity index (χ0v) is 15.5. The molecule has 2 aliphatic rings. The number of rotatable bonds is 4. The van der Waals surface area contributed by atoms with Crippen LogP contribution >= 0.6 is 0 Å². The van der Waals surface area contributed by atoms with E-state index in [-0.39, 0.29) is 17.3 Å². The van der Waals surface area contributed by atoms with Crippen LogP contribution < -0.4 is 4.74 Å². The maximum absolute atomic E-state index is 6.56. The molecule has 3 rings (SSSR count). The van der Waals surface area contributed by atoms with Gasteiger partial charge >= 0.3 is 0 Å². The highest BCUT2D eigenvalue weighted by atomic mass is 16.5. The molecule has 0 bridgehead atoms. The molecule has 0 amide bonds. The van der Waals surface area contributed by atoms with Gasteiger partial charge in [-0.15, -0.1) is 6.58 Å². The fourth-order valence-electron chi connectivity index (χ4n) is 4.10. The van der Waals surface area contributed by atoms with Gasteiger partial charge in [-0.25, -0.2) is 0 Å². The number of hydrogen-bond donors (Lipinski definition) is 0. The van der Waals surface area contributed by atoms with Crippen LogP contribution in [0.5, 0.6) is 5.75 Å². The third kappa shape index (κ3) is 3.17. The van der Waals surface area contributed by atoms with Gasteiger partial charge in [0.1, 0.15) is 11.4 Å². The van der Waals surface area contributed by atoms with E-state index in [1.807, 2.05) is 12.1 Å². The number of ether oxygens (including phenoxy) is 2. The van der Waals surface area contributed by atoms with Crippen LogP contribution in [0.1, 0.15) is 65.0 Å². The van der Waals surface area contributed by atoms with Gasteiger partial charge in [0.2, 0.25) is 0 Å². The second kappa shape index (κ2) is 6.40. The molecule has 1 saturated heterocycles. The van der Waals surface area contributed by atoms with Crippen molar-refractivity contribution in [1.29, 1.82) is 0 Å². The molecule has 2 nitrogen and oxygen atoms in total. The average molecular weight is 326 g/mol. The lowest BCUT2D eigenvalue weighted by Crippen LogP contribution is -2.52. The van der Waals surface area contributed by atoms with E-state index in [4.69, 9.17) is 9.47 Å². The highest BCUT2D eigenvalue weighted by Crippen LogP contribution is 2.54. The summed E-state index contributed by atoms with van der Waals surface area (Å²) in [5.74, 6) is 1.36. The van der Waals surface area contributed by atoms with Crippen molar-refractivity contribution in [2.75, 3.05) is 0 Å². The first kappa shape index (κ1) is 17.3. The lowest BCUT2D eigenvalue weighted by molar-refractivity contribution is -0.178. The molecule has 0 saturated carbocycles. The first-order chi connectivity index (χ1) is 11.4. The Balaban J connectivity index is 1.94. The Morgan fingerprint density at radius 1 is 1.29 bits per heavy atom. The standard InChI is InChI=1S/C22H30O2/c1-6-21(4)15-13-18-20(24-21)17-11-7-8-12-19(17)23-22(18,5)14-9-10-16(2)3/h6-8,10-12,18,20H,1,9,13-15H2,2-5H3/t18-,20-,21+,22-/m0/s1. The first-order valence-electron chi connectivity index (χ1n) is 9.10. The van der Waals surface area contributed by atoms with E-state index in [1.165, 1.54) is 11.1 Å². The van der Waals surface area contributed by atoms with Crippen molar-refractivity contribution in [3.63, 3.8) is 0 Å². The van der Waals surface area contributed by atoms with Gasteiger partial charge in [-0.1, -0.05) is 35.9 Å². The highest BCUT2D eigenvalue weighted by Gasteiger charge is 2.51. The summed E-state index contributed by atoms with van der Waals surface area (Å²) in [5, 5.41) is 0. The van der Waals surface area contributed by atoms with E-state index in [9.17, 15) is 0 Å². The van der Waals surface area contributed by atoms with Crippen molar-refractivity contribution in [2.45, 2.75) is 70.7 Å². The topological polar surface area (TPSA) is 18.5 Å². The molecular formula is C22H30O2. The van der Waals surface area contributed by atoms with Crippen LogP contribution in [0, 0.1) is 5.92 Å². The zero-order chi connectivity index (χ0) is 17.4. The van der Waals surface area contributed by atoms with Gasteiger partial charge in [0.15, 0.2) is 0 Å². The smallest absolute Gasteiger partial charge is 0.125 e. The van der Waals surface area contributed by atoms with Crippen LogP contribution in [0.25, 0.3) is 0 Å². The van der Waals surface area contributed by atoms with Gasteiger partial charge in [-0.05, 0) is 59.4 Å². The maximum atomic E-state index is 6.56. The molecule has 1 aromatic rings. The van der Waals surface area contributed by atoms with Gasteiger partial charge in [-0.3, -0.25) is 0 Å². The van der Waals surface area contributed by atoms with Crippen LogP contribution in [0.4, 0.5) is 0 Å². The Morgan fingerprint density at radius 2 is 2.04 bits per heavy atom. The summed E-state index contributed by atoms with van der Waals surface area (Å²) in [6, 6.07) is 8.35. The molecule has 1 fully saturated rings. The lowest BCUT2D eigenvalue weighted by atomic mass is 9.71. The molecule has 0 unspecified atom stereocenters. The molecule has 0 N–H and O–H groups in total. The number of para-hydroxylation sites is 1. The SMILES string of the molecule is C=C[C@]1(C)CC[C@H]2[C@@H](O1)c1ccccc1O[C@@]2(C)CCC=C(C)C. The summed E-state index contributed by atoms with van der Waals surface area (Å²) in [7, 11) is 0. The second-order valence-corrected chi connectivity index (χ2v) is 7.97. The molecule has 2 aliphatic heterocycles. The fraction of sp³-hybridized carbons (Fsp3) is 0.545. The van der Waals surface area contributed by atoms with Crippen LogP contribution in [0.15, 0.2) is 48.6 Å². The Bertz CT molecular complexity index is 643. The van der Waals surface area contributed by atoms with Gasteiger partial charge < -0.3 is 9.47 Å². The molecule has 1 aromatic carbocycles. The molecule has 2 heteroatoms. The van der Waals surface area contributed by atoms with E-state index < -0.39 is 0 Å². The Morgan fingerprint density at radius 3 is 2.75 bits per heavy atom. The zero-order valence-electron chi connectivity index (χ0n) is 15.5. The summed E-state index contributed by atoms with van der Waals surface area (Å²) < 4.78 is 13.1. The quantitative estimate of drug-likeness (QED) is 0.632. The molecule has 4 atom stereocenters. The van der Waals surface area contributed by atoms with Crippen molar-refractivity contribution < 1.29 is 9.47 Å². The van der Waals surface area contributed by atoms with Gasteiger partial charge in [-0.2, -0.15) is 0 Å². The lowest BCUT2D eigenvalue weighted by Gasteiger charge is -2.52. The third-order valence-corrected chi connectivity index (χ3v) is 5.69. The normalized spacial score (nSPS) is 34.5. The molecule has 0 spiro atoms. The number of hydrogen-bond acceptors (Lipinski definition) is 2. The predicted molar refractivity (Wildman–Crippen MR) is 99.3 cm³/mol. The monoisotopic (exact) mass is 326 g/mol. The minimum atomic E-state index is -0.244. The molecular weight excluding hydrogens is 296 g/mol. The Hall–Kier alpha value is -1.54. The maximum Gasteiger partial charge on any atom is 0.125 e. The average Bonchev–Trinajstić information content (AvgIpc) is 2.54. The summed E-state index contributed by atoms with van der Waals surface area (Å²) in [5.41, 5.74) is 2.13. The van der Waals surface area contributed by atoms with Gasteiger partial charge in [0, 0.05) is 11.5 Å². The number of benzene rings is 1. The first-order valence-corrected chi connectivity index (χ1v) is 9.10.